The van der Waals surface area contributed by atoms with E-state index in [4.69, 9.17) is 14.2 Å². The molecule has 0 saturated carbocycles. The molecule has 1 fully saturated rings. The summed E-state index contributed by atoms with van der Waals surface area (Å²) in [5, 5.41) is 3.42. The maximum Gasteiger partial charge on any atom is 0.298 e. The zero-order chi connectivity index (χ0) is 22.9. The van der Waals surface area contributed by atoms with Crippen molar-refractivity contribution in [2.75, 3.05) is 46.5 Å². The van der Waals surface area contributed by atoms with E-state index in [0.717, 1.165) is 50.6 Å². The molecule has 33 heavy (non-hydrogen) atoms. The summed E-state index contributed by atoms with van der Waals surface area (Å²) in [5.74, 6) is 1.92. The van der Waals surface area contributed by atoms with Gasteiger partial charge in [0.2, 0.25) is 0 Å². The normalized spacial score (nSPS) is 14.1. The molecule has 8 nitrogen and oxygen atoms in total. The summed E-state index contributed by atoms with van der Waals surface area (Å²) < 4.78 is 20.9. The Balaban J connectivity index is 1.27. The lowest BCUT2D eigenvalue weighted by molar-refractivity contribution is 0.0374. The van der Waals surface area contributed by atoms with Crippen LogP contribution in [-0.4, -0.2) is 66.7 Å². The summed E-state index contributed by atoms with van der Waals surface area (Å²) in [6, 6.07) is 14.9. The number of methoxy groups -OCH3 is 1. The zero-order valence-corrected chi connectivity index (χ0v) is 19.5. The van der Waals surface area contributed by atoms with Gasteiger partial charge in [0.1, 0.15) is 11.5 Å². The van der Waals surface area contributed by atoms with Crippen LogP contribution in [0.3, 0.4) is 0 Å². The molecule has 1 aromatic heterocycles. The average Bonchev–Trinajstić information content (AvgIpc) is 3.29. The number of aromatic nitrogens is 2. The van der Waals surface area contributed by atoms with E-state index in [-0.39, 0.29) is 5.91 Å². The Morgan fingerprint density at radius 2 is 1.97 bits per heavy atom. The molecule has 0 spiro atoms. The molecule has 0 atom stereocenters. The van der Waals surface area contributed by atoms with E-state index < -0.39 is 0 Å². The van der Waals surface area contributed by atoms with Crippen molar-refractivity contribution in [1.29, 1.82) is 0 Å². The van der Waals surface area contributed by atoms with E-state index in [1.807, 2.05) is 24.3 Å². The molecule has 1 aliphatic heterocycles. The quantitative estimate of drug-likeness (QED) is 0.457. The molecule has 2 aromatic carbocycles. The third-order valence-corrected chi connectivity index (χ3v) is 5.92. The zero-order valence-electron chi connectivity index (χ0n) is 18.7. The second-order valence-corrected chi connectivity index (χ2v) is 8.41. The first kappa shape index (κ1) is 23.2. The number of carbonyl (C=O) groups excluding carboxylic acids is 1. The number of ether oxygens (including phenoxy) is 3. The molecule has 1 N–H and O–H groups in total. The van der Waals surface area contributed by atoms with Crippen molar-refractivity contribution in [1.82, 2.24) is 19.6 Å². The molecule has 174 valence electrons. The Hall–Kier alpha value is -3.01. The van der Waals surface area contributed by atoms with E-state index in [0.29, 0.717) is 35.3 Å². The Bertz CT molecular complexity index is 1050. The Kier molecular flexibility index (Phi) is 8.24. The number of nitrogens with zero attached hydrogens (tertiary/aromatic N) is 3. The van der Waals surface area contributed by atoms with Crippen molar-refractivity contribution < 1.29 is 19.0 Å². The summed E-state index contributed by atoms with van der Waals surface area (Å²) in [5.41, 5.74) is 1.62. The van der Waals surface area contributed by atoms with Crippen LogP contribution in [-0.2, 0) is 11.2 Å². The van der Waals surface area contributed by atoms with Crippen molar-refractivity contribution in [2.45, 2.75) is 12.8 Å². The number of amides is 1. The number of carbonyl (C=O) groups is 1. The van der Waals surface area contributed by atoms with Gasteiger partial charge in [0.25, 0.3) is 11.1 Å². The maximum atomic E-state index is 12.5. The van der Waals surface area contributed by atoms with Gasteiger partial charge in [0.15, 0.2) is 5.82 Å². The van der Waals surface area contributed by atoms with Gasteiger partial charge in [0, 0.05) is 43.2 Å². The molecule has 3 aromatic rings. The van der Waals surface area contributed by atoms with E-state index >= 15 is 0 Å². The second-order valence-electron chi connectivity index (χ2n) is 7.70. The lowest BCUT2D eigenvalue weighted by Crippen LogP contribution is -2.38. The van der Waals surface area contributed by atoms with E-state index in [9.17, 15) is 4.79 Å². The molecule has 0 radical (unpaired) electrons. The Morgan fingerprint density at radius 3 is 2.82 bits per heavy atom. The molecule has 4 rings (SSSR count). The van der Waals surface area contributed by atoms with Gasteiger partial charge in [-0.1, -0.05) is 18.2 Å². The highest BCUT2D eigenvalue weighted by atomic mass is 32.1. The fourth-order valence-corrected chi connectivity index (χ4v) is 4.12. The largest absolute Gasteiger partial charge is 0.497 e. The van der Waals surface area contributed by atoms with Crippen LogP contribution in [0.2, 0.25) is 0 Å². The molecule has 9 heteroatoms. The summed E-state index contributed by atoms with van der Waals surface area (Å²) in [7, 11) is 1.64. The van der Waals surface area contributed by atoms with Gasteiger partial charge in [0.05, 0.1) is 20.3 Å². The van der Waals surface area contributed by atoms with Gasteiger partial charge in [-0.3, -0.25) is 9.69 Å². The first-order valence-corrected chi connectivity index (χ1v) is 11.8. The SMILES string of the molecule is COc1cccc(Cc2nsc(Oc3cccc(C(=O)NCCCN4CCOCC4)c3)n2)c1. The molecule has 0 unspecified atom stereocenters. The fourth-order valence-electron chi connectivity index (χ4n) is 3.55. The van der Waals surface area contributed by atoms with Crippen LogP contribution in [0.1, 0.15) is 28.2 Å². The molecule has 0 bridgehead atoms. The highest BCUT2D eigenvalue weighted by molar-refractivity contribution is 7.07. The van der Waals surface area contributed by atoms with Crippen molar-refractivity contribution in [3.05, 3.63) is 65.5 Å². The first-order valence-electron chi connectivity index (χ1n) is 11.0. The number of rotatable bonds is 10. The van der Waals surface area contributed by atoms with Crippen LogP contribution in [0.4, 0.5) is 0 Å². The highest BCUT2D eigenvalue weighted by Crippen LogP contribution is 2.25. The number of hydrogen-bond acceptors (Lipinski definition) is 8. The molecule has 1 amide bonds. The van der Waals surface area contributed by atoms with E-state index in [1.54, 1.807) is 31.4 Å². The topological polar surface area (TPSA) is 85.8 Å². The molecular weight excluding hydrogens is 440 g/mol. The maximum absolute atomic E-state index is 12.5. The van der Waals surface area contributed by atoms with Crippen LogP contribution < -0.4 is 14.8 Å². The third kappa shape index (κ3) is 6.98. The summed E-state index contributed by atoms with van der Waals surface area (Å²) in [6.07, 6.45) is 1.49. The number of benzene rings is 2. The monoisotopic (exact) mass is 468 g/mol. The van der Waals surface area contributed by atoms with Crippen LogP contribution >= 0.6 is 11.5 Å². The number of morpholine rings is 1. The van der Waals surface area contributed by atoms with E-state index in [1.165, 1.54) is 11.5 Å². The predicted octanol–water partition coefficient (Wildman–Crippen LogP) is 3.38. The van der Waals surface area contributed by atoms with Gasteiger partial charge in [-0.15, -0.1) is 0 Å². The standard InChI is InChI=1S/C24H28N4O4S/c1-30-20-7-2-5-18(15-20)16-22-26-24(33-27-22)32-21-8-3-6-19(17-21)23(29)25-9-4-10-28-11-13-31-14-12-28/h2-3,5-8,15,17H,4,9-14,16H2,1H3,(H,25,29). The molecule has 2 heterocycles. The van der Waals surface area contributed by atoms with Crippen LogP contribution in [0, 0.1) is 0 Å². The van der Waals surface area contributed by atoms with Crippen molar-refractivity contribution >= 4 is 17.4 Å². The number of hydrogen-bond donors (Lipinski definition) is 1. The second kappa shape index (κ2) is 11.7. The minimum absolute atomic E-state index is 0.113. The van der Waals surface area contributed by atoms with Gasteiger partial charge >= 0.3 is 0 Å². The molecule has 1 aliphatic rings. The van der Waals surface area contributed by atoms with Crippen LogP contribution in [0.15, 0.2) is 48.5 Å². The van der Waals surface area contributed by atoms with E-state index in [2.05, 4.69) is 19.6 Å². The lowest BCUT2D eigenvalue weighted by atomic mass is 10.1. The molecule has 1 saturated heterocycles. The smallest absolute Gasteiger partial charge is 0.298 e. The van der Waals surface area contributed by atoms with Crippen LogP contribution in [0.25, 0.3) is 0 Å². The minimum Gasteiger partial charge on any atom is -0.497 e. The van der Waals surface area contributed by atoms with Gasteiger partial charge in [-0.2, -0.15) is 9.36 Å². The predicted molar refractivity (Wildman–Crippen MR) is 126 cm³/mol. The van der Waals surface area contributed by atoms with Gasteiger partial charge in [-0.25, -0.2) is 0 Å². The average molecular weight is 469 g/mol. The summed E-state index contributed by atoms with van der Waals surface area (Å²) >= 11 is 1.19. The first-order chi connectivity index (χ1) is 16.2. The Morgan fingerprint density at radius 1 is 1.15 bits per heavy atom. The van der Waals surface area contributed by atoms with Gasteiger partial charge < -0.3 is 19.5 Å². The minimum atomic E-state index is -0.113. The lowest BCUT2D eigenvalue weighted by Gasteiger charge is -2.26. The highest BCUT2D eigenvalue weighted by Gasteiger charge is 2.12. The Labute approximate surface area is 197 Å². The summed E-state index contributed by atoms with van der Waals surface area (Å²) in [4.78, 5) is 19.3. The fraction of sp³-hybridized carbons (Fsp3) is 0.375. The van der Waals surface area contributed by atoms with Crippen LogP contribution in [0.5, 0.6) is 16.7 Å². The summed E-state index contributed by atoms with van der Waals surface area (Å²) in [6.45, 7) is 5.08. The van der Waals surface area contributed by atoms with Gasteiger partial charge in [-0.05, 0) is 48.9 Å². The van der Waals surface area contributed by atoms with Crippen molar-refractivity contribution in [3.8, 4) is 16.7 Å². The third-order valence-electron chi connectivity index (χ3n) is 5.29. The molecule has 0 aliphatic carbocycles. The number of nitrogens with one attached hydrogen (secondary N) is 1. The van der Waals surface area contributed by atoms with Crippen molar-refractivity contribution in [2.24, 2.45) is 0 Å². The van der Waals surface area contributed by atoms with Crippen molar-refractivity contribution in [3.63, 3.8) is 0 Å². The molecular formula is C24H28N4O4S.